The van der Waals surface area contributed by atoms with Gasteiger partial charge in [0.15, 0.2) is 0 Å². The molecule has 0 bridgehead atoms. The second kappa shape index (κ2) is 14.9. The zero-order valence-electron chi connectivity index (χ0n) is 17.4. The van der Waals surface area contributed by atoms with Crippen molar-refractivity contribution in [2.75, 3.05) is 0 Å². The highest BCUT2D eigenvalue weighted by Gasteiger charge is 2.28. The number of unbranched alkanes of at least 4 members (excludes halogenated alkanes) is 7. The van der Waals surface area contributed by atoms with E-state index in [2.05, 4.69) is 25.7 Å². The van der Waals surface area contributed by atoms with E-state index in [0.717, 1.165) is 19.3 Å². The van der Waals surface area contributed by atoms with Gasteiger partial charge in [-0.1, -0.05) is 70.6 Å². The fourth-order valence-corrected chi connectivity index (χ4v) is 4.36. The highest BCUT2D eigenvalue weighted by molar-refractivity contribution is 5.66. The maximum Gasteiger partial charge on any atom is 0.303 e. The first kappa shape index (κ1) is 23.9. The van der Waals surface area contributed by atoms with Gasteiger partial charge in [0.25, 0.3) is 0 Å². The number of allylic oxidation sites excluding steroid dienone is 3. The topological polar surface area (TPSA) is 37.3 Å². The van der Waals surface area contributed by atoms with Gasteiger partial charge in [0, 0.05) is 12.3 Å². The number of carboxylic acid groups (broad SMARTS) is 1. The second-order valence-corrected chi connectivity index (χ2v) is 8.36. The zero-order chi connectivity index (χ0) is 19.9. The predicted octanol–water partition coefficient (Wildman–Crippen LogP) is 7.84. The van der Waals surface area contributed by atoms with Gasteiger partial charge in [-0.05, 0) is 56.8 Å². The molecular formula is C24H41FO2. The molecule has 156 valence electrons. The minimum atomic E-state index is -0.767. The van der Waals surface area contributed by atoms with Crippen LogP contribution in [0.1, 0.15) is 103 Å². The number of halogens is 1. The average molecular weight is 381 g/mol. The minimum Gasteiger partial charge on any atom is -0.481 e. The van der Waals surface area contributed by atoms with Crippen molar-refractivity contribution in [2.24, 2.45) is 17.8 Å². The maximum absolute atomic E-state index is 13.9. The van der Waals surface area contributed by atoms with Crippen LogP contribution in [0, 0.1) is 17.8 Å². The quantitative estimate of drug-likeness (QED) is 0.219. The van der Waals surface area contributed by atoms with E-state index in [9.17, 15) is 9.18 Å². The Balaban J connectivity index is 2.31. The standard InChI is InChI=1S/C24H41FO2/c1-3-4-5-6-7-8-9-10-14-21-16-13-17-23(21)19-22(20(2)25)15-11-12-18-24(26)27/h10,14,21-23H,2-9,11-13,15-19H2,1H3,(H,26,27)/t21-,22?,23+/m0/s1. The van der Waals surface area contributed by atoms with Gasteiger partial charge in [0.1, 0.15) is 0 Å². The van der Waals surface area contributed by atoms with Gasteiger partial charge >= 0.3 is 5.97 Å². The van der Waals surface area contributed by atoms with Crippen LogP contribution in [0.25, 0.3) is 0 Å². The molecule has 1 rings (SSSR count). The van der Waals surface area contributed by atoms with Crippen LogP contribution >= 0.6 is 0 Å². The van der Waals surface area contributed by atoms with Gasteiger partial charge in [-0.15, -0.1) is 0 Å². The molecule has 3 atom stereocenters. The Morgan fingerprint density at radius 1 is 1.15 bits per heavy atom. The maximum atomic E-state index is 13.9. The van der Waals surface area contributed by atoms with E-state index in [1.165, 1.54) is 64.2 Å². The second-order valence-electron chi connectivity index (χ2n) is 8.36. The molecular weight excluding hydrogens is 339 g/mol. The number of hydrogen-bond acceptors (Lipinski definition) is 1. The molecule has 0 spiro atoms. The highest BCUT2D eigenvalue weighted by atomic mass is 19.1. The fraction of sp³-hybridized carbons (Fsp3) is 0.792. The van der Waals surface area contributed by atoms with Crippen LogP contribution in [0.2, 0.25) is 0 Å². The SMILES string of the molecule is C=C(F)C(CCCCC(=O)O)C[C@H]1CCC[C@@H]1C=CCCCCCCCC. The molecule has 1 N–H and O–H groups in total. The van der Waals surface area contributed by atoms with Crippen molar-refractivity contribution in [1.29, 1.82) is 0 Å². The largest absolute Gasteiger partial charge is 0.481 e. The summed E-state index contributed by atoms with van der Waals surface area (Å²) in [4.78, 5) is 10.6. The smallest absolute Gasteiger partial charge is 0.303 e. The molecule has 1 unspecified atom stereocenters. The van der Waals surface area contributed by atoms with Gasteiger partial charge in [-0.2, -0.15) is 0 Å². The van der Waals surface area contributed by atoms with Crippen molar-refractivity contribution in [2.45, 2.75) is 103 Å². The summed E-state index contributed by atoms with van der Waals surface area (Å²) in [6.45, 7) is 5.80. The van der Waals surface area contributed by atoms with E-state index in [1.54, 1.807) is 0 Å². The van der Waals surface area contributed by atoms with Crippen LogP contribution in [0.15, 0.2) is 24.6 Å². The van der Waals surface area contributed by atoms with Crippen molar-refractivity contribution in [3.63, 3.8) is 0 Å². The first-order valence-electron chi connectivity index (χ1n) is 11.3. The van der Waals surface area contributed by atoms with E-state index in [4.69, 9.17) is 5.11 Å². The lowest BCUT2D eigenvalue weighted by Gasteiger charge is -2.22. The van der Waals surface area contributed by atoms with Crippen molar-refractivity contribution < 1.29 is 14.3 Å². The predicted molar refractivity (Wildman–Crippen MR) is 112 cm³/mol. The molecule has 27 heavy (non-hydrogen) atoms. The van der Waals surface area contributed by atoms with Gasteiger partial charge < -0.3 is 5.11 Å². The van der Waals surface area contributed by atoms with Gasteiger partial charge in [-0.3, -0.25) is 4.79 Å². The molecule has 1 fully saturated rings. The molecule has 0 aromatic rings. The number of hydrogen-bond donors (Lipinski definition) is 1. The Labute approximate surface area is 166 Å². The number of carboxylic acids is 1. The van der Waals surface area contributed by atoms with Crippen LogP contribution in [0.3, 0.4) is 0 Å². The summed E-state index contributed by atoms with van der Waals surface area (Å²) in [5.41, 5.74) is 0. The average Bonchev–Trinajstić information content (AvgIpc) is 3.06. The number of carbonyl (C=O) groups is 1. The molecule has 3 heteroatoms. The summed E-state index contributed by atoms with van der Waals surface area (Å²) in [7, 11) is 0. The Morgan fingerprint density at radius 3 is 2.59 bits per heavy atom. The molecule has 0 aromatic heterocycles. The van der Waals surface area contributed by atoms with Crippen LogP contribution in [0.5, 0.6) is 0 Å². The third kappa shape index (κ3) is 11.3. The zero-order valence-corrected chi connectivity index (χ0v) is 17.4. The molecule has 1 aliphatic carbocycles. The fourth-order valence-electron chi connectivity index (χ4n) is 4.36. The molecule has 0 aromatic carbocycles. The summed E-state index contributed by atoms with van der Waals surface area (Å²) in [6.07, 6.45) is 20.7. The summed E-state index contributed by atoms with van der Waals surface area (Å²) in [5.74, 6) is 0.0640. The summed E-state index contributed by atoms with van der Waals surface area (Å²) in [5, 5.41) is 8.73. The Hall–Kier alpha value is -1.12. The first-order valence-corrected chi connectivity index (χ1v) is 11.3. The molecule has 0 radical (unpaired) electrons. The van der Waals surface area contributed by atoms with Crippen LogP contribution in [-0.2, 0) is 4.79 Å². The summed E-state index contributed by atoms with van der Waals surface area (Å²) in [6, 6.07) is 0. The van der Waals surface area contributed by atoms with Gasteiger partial charge in [-0.25, -0.2) is 4.39 Å². The van der Waals surface area contributed by atoms with E-state index in [1.807, 2.05) is 0 Å². The first-order chi connectivity index (χ1) is 13.0. The van der Waals surface area contributed by atoms with E-state index in [-0.39, 0.29) is 18.2 Å². The van der Waals surface area contributed by atoms with Crippen molar-refractivity contribution in [3.05, 3.63) is 24.6 Å². The molecule has 2 nitrogen and oxygen atoms in total. The van der Waals surface area contributed by atoms with Gasteiger partial charge in [0.2, 0.25) is 0 Å². The third-order valence-electron chi connectivity index (χ3n) is 6.05. The molecule has 0 heterocycles. The van der Waals surface area contributed by atoms with E-state index in [0.29, 0.717) is 18.3 Å². The third-order valence-corrected chi connectivity index (χ3v) is 6.05. The van der Waals surface area contributed by atoms with Crippen molar-refractivity contribution >= 4 is 5.97 Å². The van der Waals surface area contributed by atoms with Crippen LogP contribution < -0.4 is 0 Å². The van der Waals surface area contributed by atoms with Crippen molar-refractivity contribution in [3.8, 4) is 0 Å². The van der Waals surface area contributed by atoms with E-state index < -0.39 is 5.97 Å². The lowest BCUT2D eigenvalue weighted by molar-refractivity contribution is -0.137. The molecule has 0 saturated heterocycles. The molecule has 1 aliphatic rings. The van der Waals surface area contributed by atoms with E-state index >= 15 is 0 Å². The Morgan fingerprint density at radius 2 is 1.89 bits per heavy atom. The number of rotatable bonds is 16. The summed E-state index contributed by atoms with van der Waals surface area (Å²) >= 11 is 0. The number of aliphatic carboxylic acids is 1. The van der Waals surface area contributed by atoms with Gasteiger partial charge in [0.05, 0.1) is 5.83 Å². The van der Waals surface area contributed by atoms with Crippen LogP contribution in [-0.4, -0.2) is 11.1 Å². The highest BCUT2D eigenvalue weighted by Crippen LogP contribution is 2.39. The Bertz CT molecular complexity index is 444. The molecule has 0 aliphatic heterocycles. The Kier molecular flexibility index (Phi) is 13.2. The lowest BCUT2D eigenvalue weighted by Crippen LogP contribution is -2.13. The minimum absolute atomic E-state index is 0.101. The monoisotopic (exact) mass is 380 g/mol. The molecule has 0 amide bonds. The normalized spacial score (nSPS) is 21.0. The van der Waals surface area contributed by atoms with Crippen LogP contribution in [0.4, 0.5) is 4.39 Å². The lowest BCUT2D eigenvalue weighted by atomic mass is 9.83. The van der Waals surface area contributed by atoms with Crippen molar-refractivity contribution in [1.82, 2.24) is 0 Å². The summed E-state index contributed by atoms with van der Waals surface area (Å²) < 4.78 is 13.9. The molecule has 1 saturated carbocycles.